The number of aryl methyl sites for hydroxylation is 1. The molecule has 4 heteroatoms. The van der Waals surface area contributed by atoms with Crippen LogP contribution in [0.5, 0.6) is 0 Å². The van der Waals surface area contributed by atoms with Crippen molar-refractivity contribution >= 4 is 12.4 Å². The molecule has 0 radical (unpaired) electrons. The van der Waals surface area contributed by atoms with Gasteiger partial charge in [0, 0.05) is 6.04 Å². The van der Waals surface area contributed by atoms with Gasteiger partial charge in [-0.15, -0.1) is 12.4 Å². The summed E-state index contributed by atoms with van der Waals surface area (Å²) in [7, 11) is 0. The van der Waals surface area contributed by atoms with E-state index in [1.54, 1.807) is 19.1 Å². The SMILES string of the molecule is Cc1cc([C@H](N)CCCN)ccc1F.Cl. The summed E-state index contributed by atoms with van der Waals surface area (Å²) < 4.78 is 13.0. The van der Waals surface area contributed by atoms with Crippen molar-refractivity contribution in [1.82, 2.24) is 0 Å². The molecular weight excluding hydrogens is 215 g/mol. The molecule has 1 rings (SSSR count). The Labute approximate surface area is 96.3 Å². The minimum atomic E-state index is -0.181. The van der Waals surface area contributed by atoms with Crippen LogP contribution >= 0.6 is 12.4 Å². The van der Waals surface area contributed by atoms with Gasteiger partial charge in [0.2, 0.25) is 0 Å². The van der Waals surface area contributed by atoms with Crippen LogP contribution in [0.25, 0.3) is 0 Å². The lowest BCUT2D eigenvalue weighted by Gasteiger charge is -2.12. The van der Waals surface area contributed by atoms with Crippen LogP contribution in [-0.4, -0.2) is 6.54 Å². The average molecular weight is 233 g/mol. The molecule has 0 aliphatic carbocycles. The lowest BCUT2D eigenvalue weighted by Crippen LogP contribution is -2.12. The summed E-state index contributed by atoms with van der Waals surface area (Å²) in [5.74, 6) is -0.181. The molecule has 86 valence electrons. The summed E-state index contributed by atoms with van der Waals surface area (Å²) in [5, 5.41) is 0. The van der Waals surface area contributed by atoms with Crippen LogP contribution in [-0.2, 0) is 0 Å². The van der Waals surface area contributed by atoms with Gasteiger partial charge in [0.1, 0.15) is 5.82 Å². The molecule has 0 fully saturated rings. The summed E-state index contributed by atoms with van der Waals surface area (Å²) in [6, 6.07) is 4.98. The second-order valence-electron chi connectivity index (χ2n) is 3.55. The quantitative estimate of drug-likeness (QED) is 0.837. The molecule has 0 heterocycles. The predicted octanol–water partition coefficient (Wildman–Crippen LogP) is 2.29. The van der Waals surface area contributed by atoms with E-state index in [0.717, 1.165) is 18.4 Å². The van der Waals surface area contributed by atoms with E-state index < -0.39 is 0 Å². The molecule has 0 bridgehead atoms. The Hall–Kier alpha value is -0.640. The zero-order valence-corrected chi connectivity index (χ0v) is 9.69. The van der Waals surface area contributed by atoms with Crippen LogP contribution in [0.4, 0.5) is 4.39 Å². The fraction of sp³-hybridized carbons (Fsp3) is 0.455. The number of benzene rings is 1. The highest BCUT2D eigenvalue weighted by Crippen LogP contribution is 2.18. The third-order valence-electron chi connectivity index (χ3n) is 2.33. The second kappa shape index (κ2) is 6.77. The first-order chi connectivity index (χ1) is 6.65. The largest absolute Gasteiger partial charge is 0.330 e. The fourth-order valence-electron chi connectivity index (χ4n) is 1.40. The zero-order valence-electron chi connectivity index (χ0n) is 8.87. The molecule has 1 atom stereocenters. The molecular formula is C11H18ClFN2. The van der Waals surface area contributed by atoms with Gasteiger partial charge in [-0.2, -0.15) is 0 Å². The van der Waals surface area contributed by atoms with Gasteiger partial charge in [0.05, 0.1) is 0 Å². The van der Waals surface area contributed by atoms with Crippen LogP contribution in [0.1, 0.15) is 30.0 Å². The first-order valence-corrected chi connectivity index (χ1v) is 4.87. The van der Waals surface area contributed by atoms with Crippen LogP contribution in [0.15, 0.2) is 18.2 Å². The first-order valence-electron chi connectivity index (χ1n) is 4.87. The van der Waals surface area contributed by atoms with Gasteiger partial charge < -0.3 is 11.5 Å². The summed E-state index contributed by atoms with van der Waals surface area (Å²) in [6.07, 6.45) is 1.75. The van der Waals surface area contributed by atoms with E-state index >= 15 is 0 Å². The van der Waals surface area contributed by atoms with Gasteiger partial charge >= 0.3 is 0 Å². The molecule has 1 aromatic rings. The van der Waals surface area contributed by atoms with E-state index in [1.807, 2.05) is 0 Å². The van der Waals surface area contributed by atoms with Gasteiger partial charge in [-0.3, -0.25) is 0 Å². The summed E-state index contributed by atoms with van der Waals surface area (Å²) in [4.78, 5) is 0. The molecule has 0 aromatic heterocycles. The lowest BCUT2D eigenvalue weighted by atomic mass is 10.0. The molecule has 2 nitrogen and oxygen atoms in total. The van der Waals surface area contributed by atoms with Crippen molar-refractivity contribution in [2.75, 3.05) is 6.54 Å². The Morgan fingerprint density at radius 3 is 2.60 bits per heavy atom. The molecule has 0 amide bonds. The third kappa shape index (κ3) is 4.16. The van der Waals surface area contributed by atoms with E-state index in [2.05, 4.69) is 0 Å². The van der Waals surface area contributed by atoms with Gasteiger partial charge in [0.25, 0.3) is 0 Å². The standard InChI is InChI=1S/C11H17FN2.ClH/c1-8-7-9(4-5-10(8)12)11(14)3-2-6-13;/h4-5,7,11H,2-3,6,13-14H2,1H3;1H/t11-;/m1./s1. The Morgan fingerprint density at radius 2 is 2.07 bits per heavy atom. The molecule has 0 spiro atoms. The molecule has 0 aliphatic heterocycles. The number of nitrogens with two attached hydrogens (primary N) is 2. The minimum Gasteiger partial charge on any atom is -0.330 e. The molecule has 0 saturated heterocycles. The van der Waals surface area contributed by atoms with Gasteiger partial charge in [0.15, 0.2) is 0 Å². The Balaban J connectivity index is 0.00000196. The lowest BCUT2D eigenvalue weighted by molar-refractivity contribution is 0.601. The van der Waals surface area contributed by atoms with Crippen LogP contribution in [0.3, 0.4) is 0 Å². The maximum atomic E-state index is 13.0. The van der Waals surface area contributed by atoms with Crippen LogP contribution in [0.2, 0.25) is 0 Å². The van der Waals surface area contributed by atoms with Gasteiger partial charge in [-0.25, -0.2) is 4.39 Å². The Morgan fingerprint density at radius 1 is 1.40 bits per heavy atom. The maximum Gasteiger partial charge on any atom is 0.126 e. The van der Waals surface area contributed by atoms with Crippen molar-refractivity contribution in [2.45, 2.75) is 25.8 Å². The van der Waals surface area contributed by atoms with E-state index in [1.165, 1.54) is 6.07 Å². The molecule has 4 N–H and O–H groups in total. The number of hydrogen-bond acceptors (Lipinski definition) is 2. The molecule has 1 aromatic carbocycles. The maximum absolute atomic E-state index is 13.0. The monoisotopic (exact) mass is 232 g/mol. The number of rotatable bonds is 4. The minimum absolute atomic E-state index is 0. The molecule has 0 aliphatic rings. The third-order valence-corrected chi connectivity index (χ3v) is 2.33. The smallest absolute Gasteiger partial charge is 0.126 e. The van der Waals surface area contributed by atoms with Crippen molar-refractivity contribution in [1.29, 1.82) is 0 Å². The van der Waals surface area contributed by atoms with E-state index in [9.17, 15) is 4.39 Å². The van der Waals surface area contributed by atoms with Crippen molar-refractivity contribution in [3.63, 3.8) is 0 Å². The van der Waals surface area contributed by atoms with Crippen molar-refractivity contribution in [3.8, 4) is 0 Å². The fourth-order valence-corrected chi connectivity index (χ4v) is 1.40. The summed E-state index contributed by atoms with van der Waals surface area (Å²) in [6.45, 7) is 2.39. The average Bonchev–Trinajstić information content (AvgIpc) is 2.18. The van der Waals surface area contributed by atoms with Gasteiger partial charge in [-0.1, -0.05) is 12.1 Å². The number of hydrogen-bond donors (Lipinski definition) is 2. The molecule has 0 saturated carbocycles. The van der Waals surface area contributed by atoms with Crippen molar-refractivity contribution < 1.29 is 4.39 Å². The van der Waals surface area contributed by atoms with E-state index in [-0.39, 0.29) is 24.3 Å². The predicted molar refractivity (Wildman–Crippen MR) is 63.6 cm³/mol. The summed E-state index contributed by atoms with van der Waals surface area (Å²) >= 11 is 0. The topological polar surface area (TPSA) is 52.0 Å². The highest BCUT2D eigenvalue weighted by atomic mass is 35.5. The zero-order chi connectivity index (χ0) is 10.6. The van der Waals surface area contributed by atoms with Crippen molar-refractivity contribution in [2.24, 2.45) is 11.5 Å². The van der Waals surface area contributed by atoms with Crippen LogP contribution in [0, 0.1) is 12.7 Å². The van der Waals surface area contributed by atoms with Gasteiger partial charge in [-0.05, 0) is 43.5 Å². The van der Waals surface area contributed by atoms with Crippen molar-refractivity contribution in [3.05, 3.63) is 35.1 Å². The Bertz CT molecular complexity index is 305. The highest BCUT2D eigenvalue weighted by molar-refractivity contribution is 5.85. The van der Waals surface area contributed by atoms with E-state index in [4.69, 9.17) is 11.5 Å². The highest BCUT2D eigenvalue weighted by Gasteiger charge is 2.06. The second-order valence-corrected chi connectivity index (χ2v) is 3.55. The molecule has 15 heavy (non-hydrogen) atoms. The van der Waals surface area contributed by atoms with E-state index in [0.29, 0.717) is 12.1 Å². The summed E-state index contributed by atoms with van der Waals surface area (Å²) in [5.41, 5.74) is 12.9. The Kier molecular flexibility index (Phi) is 6.48. The first kappa shape index (κ1) is 14.4. The van der Waals surface area contributed by atoms with Crippen LogP contribution < -0.4 is 11.5 Å². The normalized spacial score (nSPS) is 12.0. The molecule has 0 unspecified atom stereocenters. The number of halogens is 2.